The Morgan fingerprint density at radius 3 is 2.71 bits per heavy atom. The van der Waals surface area contributed by atoms with Gasteiger partial charge < -0.3 is 10.5 Å². The summed E-state index contributed by atoms with van der Waals surface area (Å²) in [6, 6.07) is 5.82. The van der Waals surface area contributed by atoms with Crippen molar-refractivity contribution < 1.29 is 4.74 Å². The largest absolute Gasteiger partial charge is 0.481 e. The van der Waals surface area contributed by atoms with Gasteiger partial charge in [-0.3, -0.25) is 4.90 Å². The molecule has 0 radical (unpaired) electrons. The van der Waals surface area contributed by atoms with Crippen LogP contribution in [0.3, 0.4) is 0 Å². The van der Waals surface area contributed by atoms with Crippen LogP contribution in [-0.2, 0) is 6.54 Å². The molecule has 0 amide bonds. The van der Waals surface area contributed by atoms with Crippen LogP contribution >= 0.6 is 0 Å². The Morgan fingerprint density at radius 1 is 1.47 bits per heavy atom. The molecule has 1 rings (SSSR count). The quantitative estimate of drug-likeness (QED) is 0.817. The van der Waals surface area contributed by atoms with E-state index in [-0.39, 0.29) is 5.54 Å². The lowest BCUT2D eigenvalue weighted by Crippen LogP contribution is -2.48. The zero-order valence-electron chi connectivity index (χ0n) is 11.2. The monoisotopic (exact) mass is 237 g/mol. The van der Waals surface area contributed by atoms with E-state index in [9.17, 15) is 0 Å². The summed E-state index contributed by atoms with van der Waals surface area (Å²) >= 11 is 0. The molecule has 1 aromatic rings. The molecule has 0 aliphatic carbocycles. The Kier molecular flexibility index (Phi) is 4.90. The number of aromatic nitrogens is 1. The first-order valence-electron chi connectivity index (χ1n) is 5.97. The Morgan fingerprint density at radius 2 is 2.18 bits per heavy atom. The van der Waals surface area contributed by atoms with Gasteiger partial charge in [0.1, 0.15) is 0 Å². The van der Waals surface area contributed by atoms with Crippen molar-refractivity contribution >= 4 is 0 Å². The molecule has 0 aromatic carbocycles. The van der Waals surface area contributed by atoms with Crippen LogP contribution in [0.2, 0.25) is 0 Å². The fourth-order valence-electron chi connectivity index (χ4n) is 1.66. The van der Waals surface area contributed by atoms with Crippen LogP contribution in [0.1, 0.15) is 26.0 Å². The number of hydrogen-bond donors (Lipinski definition) is 1. The van der Waals surface area contributed by atoms with E-state index >= 15 is 0 Å². The minimum atomic E-state index is 0.0186. The molecule has 0 saturated heterocycles. The number of ether oxygens (including phenoxy) is 1. The maximum Gasteiger partial charge on any atom is 0.213 e. The molecule has 17 heavy (non-hydrogen) atoms. The third kappa shape index (κ3) is 3.41. The number of methoxy groups -OCH3 is 1. The van der Waals surface area contributed by atoms with E-state index < -0.39 is 0 Å². The third-order valence-corrected chi connectivity index (χ3v) is 3.51. The highest BCUT2D eigenvalue weighted by molar-refractivity contribution is 5.15. The summed E-state index contributed by atoms with van der Waals surface area (Å²) in [5, 5.41) is 0. The maximum absolute atomic E-state index is 5.84. The molecule has 0 saturated carbocycles. The van der Waals surface area contributed by atoms with Crippen LogP contribution in [0.5, 0.6) is 5.88 Å². The number of rotatable bonds is 6. The molecule has 1 atom stereocenters. The summed E-state index contributed by atoms with van der Waals surface area (Å²) < 4.78 is 5.12. The second-order valence-electron chi connectivity index (χ2n) is 4.58. The van der Waals surface area contributed by atoms with E-state index in [1.165, 1.54) is 0 Å². The summed E-state index contributed by atoms with van der Waals surface area (Å²) in [7, 11) is 3.71. The Labute approximate surface area is 104 Å². The standard InChI is InChI=1S/C13H23N3O/c1-5-13(2,10-14)16(3)9-11-7-6-8-12(15-11)17-4/h6-8H,5,9-10,14H2,1-4H3. The minimum Gasteiger partial charge on any atom is -0.481 e. The van der Waals surface area contributed by atoms with Gasteiger partial charge in [0.25, 0.3) is 0 Å². The normalized spacial score (nSPS) is 14.7. The second-order valence-corrected chi connectivity index (χ2v) is 4.58. The van der Waals surface area contributed by atoms with Gasteiger partial charge in [0.2, 0.25) is 5.88 Å². The Bertz CT molecular complexity index is 350. The fraction of sp³-hybridized carbons (Fsp3) is 0.615. The van der Waals surface area contributed by atoms with Crippen LogP contribution < -0.4 is 10.5 Å². The number of likely N-dealkylation sites (N-methyl/N-ethyl adjacent to an activating group) is 1. The number of pyridine rings is 1. The van der Waals surface area contributed by atoms with Crippen molar-refractivity contribution in [3.8, 4) is 5.88 Å². The highest BCUT2D eigenvalue weighted by atomic mass is 16.5. The maximum atomic E-state index is 5.84. The molecule has 0 bridgehead atoms. The molecule has 1 aromatic heterocycles. The molecular formula is C13H23N3O. The number of nitrogens with zero attached hydrogens (tertiary/aromatic N) is 2. The Balaban J connectivity index is 2.76. The van der Waals surface area contributed by atoms with Gasteiger partial charge in [-0.15, -0.1) is 0 Å². The molecule has 2 N–H and O–H groups in total. The Hall–Kier alpha value is -1.13. The molecule has 1 heterocycles. The van der Waals surface area contributed by atoms with Crippen molar-refractivity contribution in [2.24, 2.45) is 5.73 Å². The van der Waals surface area contributed by atoms with Crippen molar-refractivity contribution in [2.75, 3.05) is 20.7 Å². The average Bonchev–Trinajstić information content (AvgIpc) is 2.37. The van der Waals surface area contributed by atoms with Gasteiger partial charge in [0.05, 0.1) is 12.8 Å². The number of nitrogens with two attached hydrogens (primary N) is 1. The molecule has 4 nitrogen and oxygen atoms in total. The van der Waals surface area contributed by atoms with Crippen molar-refractivity contribution in [1.82, 2.24) is 9.88 Å². The smallest absolute Gasteiger partial charge is 0.213 e. The summed E-state index contributed by atoms with van der Waals surface area (Å²) in [6.07, 6.45) is 1.02. The number of hydrogen-bond acceptors (Lipinski definition) is 4. The zero-order chi connectivity index (χ0) is 12.9. The van der Waals surface area contributed by atoms with Gasteiger partial charge in [0.15, 0.2) is 0 Å². The lowest BCUT2D eigenvalue weighted by molar-refractivity contribution is 0.130. The van der Waals surface area contributed by atoms with E-state index in [4.69, 9.17) is 10.5 Å². The first kappa shape index (κ1) is 13.9. The van der Waals surface area contributed by atoms with Gasteiger partial charge in [0, 0.05) is 24.7 Å². The van der Waals surface area contributed by atoms with Crippen molar-refractivity contribution in [3.05, 3.63) is 23.9 Å². The van der Waals surface area contributed by atoms with Gasteiger partial charge in [-0.05, 0) is 26.5 Å². The average molecular weight is 237 g/mol. The fourth-order valence-corrected chi connectivity index (χ4v) is 1.66. The molecule has 0 spiro atoms. The molecule has 0 aliphatic rings. The minimum absolute atomic E-state index is 0.0186. The highest BCUT2D eigenvalue weighted by Crippen LogP contribution is 2.19. The van der Waals surface area contributed by atoms with Crippen LogP contribution in [-0.4, -0.2) is 36.1 Å². The van der Waals surface area contributed by atoms with Gasteiger partial charge >= 0.3 is 0 Å². The predicted octanol–water partition coefficient (Wildman–Crippen LogP) is 1.65. The summed E-state index contributed by atoms with van der Waals surface area (Å²) in [5.41, 5.74) is 6.86. The predicted molar refractivity (Wildman–Crippen MR) is 70.0 cm³/mol. The lowest BCUT2D eigenvalue weighted by atomic mass is 9.97. The van der Waals surface area contributed by atoms with Crippen LogP contribution in [0.25, 0.3) is 0 Å². The third-order valence-electron chi connectivity index (χ3n) is 3.51. The summed E-state index contributed by atoms with van der Waals surface area (Å²) in [5.74, 6) is 0.654. The van der Waals surface area contributed by atoms with E-state index in [2.05, 4.69) is 30.8 Å². The van der Waals surface area contributed by atoms with Crippen LogP contribution in [0.15, 0.2) is 18.2 Å². The molecule has 0 fully saturated rings. The van der Waals surface area contributed by atoms with E-state index in [1.807, 2.05) is 18.2 Å². The first-order chi connectivity index (χ1) is 8.05. The molecule has 96 valence electrons. The van der Waals surface area contributed by atoms with Crippen molar-refractivity contribution in [1.29, 1.82) is 0 Å². The SMILES string of the molecule is CCC(C)(CN)N(C)Cc1cccc(OC)n1. The highest BCUT2D eigenvalue weighted by Gasteiger charge is 2.25. The first-order valence-corrected chi connectivity index (χ1v) is 5.97. The lowest BCUT2D eigenvalue weighted by Gasteiger charge is -2.37. The molecule has 4 heteroatoms. The summed E-state index contributed by atoms with van der Waals surface area (Å²) in [4.78, 5) is 6.65. The van der Waals surface area contributed by atoms with Gasteiger partial charge in [-0.25, -0.2) is 4.98 Å². The summed E-state index contributed by atoms with van der Waals surface area (Å²) in [6.45, 7) is 5.75. The van der Waals surface area contributed by atoms with Crippen molar-refractivity contribution in [3.63, 3.8) is 0 Å². The zero-order valence-corrected chi connectivity index (χ0v) is 11.2. The van der Waals surface area contributed by atoms with E-state index in [1.54, 1.807) is 7.11 Å². The topological polar surface area (TPSA) is 51.4 Å². The molecule has 1 unspecified atom stereocenters. The van der Waals surface area contributed by atoms with Crippen LogP contribution in [0.4, 0.5) is 0 Å². The van der Waals surface area contributed by atoms with Crippen molar-refractivity contribution in [2.45, 2.75) is 32.4 Å². The molecular weight excluding hydrogens is 214 g/mol. The van der Waals surface area contributed by atoms with E-state index in [0.29, 0.717) is 12.4 Å². The van der Waals surface area contributed by atoms with Gasteiger partial charge in [-0.2, -0.15) is 0 Å². The molecule has 0 aliphatic heterocycles. The van der Waals surface area contributed by atoms with Gasteiger partial charge in [-0.1, -0.05) is 13.0 Å². The van der Waals surface area contributed by atoms with E-state index in [0.717, 1.165) is 18.7 Å². The van der Waals surface area contributed by atoms with Crippen LogP contribution in [0, 0.1) is 0 Å². The second kappa shape index (κ2) is 5.98.